The Labute approximate surface area is 190 Å². The molecule has 1 N–H and O–H groups in total. The second-order valence-electron chi connectivity index (χ2n) is 6.79. The normalized spacial score (nSPS) is 15.1. The summed E-state index contributed by atoms with van der Waals surface area (Å²) in [5, 5.41) is 2.18. The minimum absolute atomic E-state index is 0.00525. The van der Waals surface area contributed by atoms with E-state index in [0.717, 1.165) is 4.90 Å². The van der Waals surface area contributed by atoms with E-state index in [4.69, 9.17) is 9.15 Å². The number of esters is 1. The molecule has 3 aromatic rings. The van der Waals surface area contributed by atoms with Crippen LogP contribution in [0.1, 0.15) is 21.7 Å². The number of amides is 4. The first-order valence-electron chi connectivity index (χ1n) is 9.37. The quantitative estimate of drug-likeness (QED) is 0.251. The van der Waals surface area contributed by atoms with E-state index in [9.17, 15) is 19.2 Å². The van der Waals surface area contributed by atoms with Crippen molar-refractivity contribution in [2.24, 2.45) is 0 Å². The largest absolute Gasteiger partial charge is 0.457 e. The lowest BCUT2D eigenvalue weighted by Gasteiger charge is -2.27. The number of aryl methyl sites for hydroxylation is 1. The van der Waals surface area contributed by atoms with E-state index < -0.39 is 23.8 Å². The molecule has 0 radical (unpaired) electrons. The summed E-state index contributed by atoms with van der Waals surface area (Å²) >= 11 is 3.33. The molecule has 0 saturated carbocycles. The summed E-state index contributed by atoms with van der Waals surface area (Å²) in [6.07, 6.45) is 2.61. The molecule has 9 heteroatoms. The van der Waals surface area contributed by atoms with E-state index in [1.165, 1.54) is 24.5 Å². The molecule has 1 saturated heterocycles. The third-order valence-corrected chi connectivity index (χ3v) is 5.15. The molecule has 1 aliphatic heterocycles. The summed E-state index contributed by atoms with van der Waals surface area (Å²) in [5.74, 6) is -2.30. The first-order valence-corrected chi connectivity index (χ1v) is 10.2. The van der Waals surface area contributed by atoms with Crippen LogP contribution in [0.15, 0.2) is 75.3 Å². The molecule has 4 rings (SSSR count). The van der Waals surface area contributed by atoms with Gasteiger partial charge in [0.1, 0.15) is 11.3 Å². The van der Waals surface area contributed by atoms with Crippen molar-refractivity contribution in [2.75, 3.05) is 4.90 Å². The number of para-hydroxylation sites is 1. The topological polar surface area (TPSA) is 106 Å². The summed E-state index contributed by atoms with van der Waals surface area (Å²) < 4.78 is 11.0. The highest BCUT2D eigenvalue weighted by atomic mass is 79.9. The Bertz CT molecular complexity index is 1280. The summed E-state index contributed by atoms with van der Waals surface area (Å²) in [4.78, 5) is 51.3. The highest BCUT2D eigenvalue weighted by Crippen LogP contribution is 2.29. The van der Waals surface area contributed by atoms with E-state index in [2.05, 4.69) is 21.2 Å². The van der Waals surface area contributed by atoms with Gasteiger partial charge in [0.25, 0.3) is 11.8 Å². The number of urea groups is 1. The lowest BCUT2D eigenvalue weighted by molar-refractivity contribution is -0.122. The second kappa shape index (κ2) is 8.64. The van der Waals surface area contributed by atoms with Crippen molar-refractivity contribution in [3.63, 3.8) is 0 Å². The Morgan fingerprint density at radius 2 is 1.88 bits per heavy atom. The lowest BCUT2D eigenvalue weighted by atomic mass is 10.1. The standard InChI is InChI=1S/C23H15BrN2O6/c1-13-5-2-3-6-17(13)26-21(28)16(20(27)25-23(26)30)12-14-11-15(24)8-9-18(14)32-22(29)19-7-4-10-31-19/h2-12H,1H3,(H,25,27,30)/b16-12-. The molecule has 0 aliphatic carbocycles. The van der Waals surface area contributed by atoms with E-state index in [1.807, 2.05) is 0 Å². The number of rotatable bonds is 4. The Kier molecular flexibility index (Phi) is 5.74. The van der Waals surface area contributed by atoms with Gasteiger partial charge in [-0.25, -0.2) is 14.5 Å². The molecule has 0 spiro atoms. The van der Waals surface area contributed by atoms with Gasteiger partial charge in [-0.2, -0.15) is 0 Å². The third-order valence-electron chi connectivity index (χ3n) is 4.65. The molecule has 1 aliphatic rings. The molecular formula is C23H15BrN2O6. The number of barbiturate groups is 1. The van der Waals surface area contributed by atoms with Crippen LogP contribution in [0.25, 0.3) is 6.08 Å². The average molecular weight is 495 g/mol. The number of hydrogen-bond acceptors (Lipinski definition) is 6. The predicted molar refractivity (Wildman–Crippen MR) is 118 cm³/mol. The number of furan rings is 1. The number of imide groups is 2. The Morgan fingerprint density at radius 3 is 2.59 bits per heavy atom. The van der Waals surface area contributed by atoms with Crippen LogP contribution in [0.4, 0.5) is 10.5 Å². The van der Waals surface area contributed by atoms with Crippen LogP contribution >= 0.6 is 15.9 Å². The van der Waals surface area contributed by atoms with Crippen molar-refractivity contribution in [1.82, 2.24) is 5.32 Å². The van der Waals surface area contributed by atoms with Crippen LogP contribution in [0.5, 0.6) is 5.75 Å². The average Bonchev–Trinajstić information content (AvgIpc) is 3.29. The van der Waals surface area contributed by atoms with Crippen molar-refractivity contribution in [3.8, 4) is 5.75 Å². The highest BCUT2D eigenvalue weighted by Gasteiger charge is 2.37. The SMILES string of the molecule is Cc1ccccc1N1C(=O)NC(=O)/C(=C/c2cc(Br)ccc2OC(=O)c2ccco2)C1=O. The second-order valence-corrected chi connectivity index (χ2v) is 7.71. The molecule has 0 unspecified atom stereocenters. The number of ether oxygens (including phenoxy) is 1. The molecular weight excluding hydrogens is 480 g/mol. The first-order chi connectivity index (χ1) is 15.3. The summed E-state index contributed by atoms with van der Waals surface area (Å²) in [6, 6.07) is 13.7. The summed E-state index contributed by atoms with van der Waals surface area (Å²) in [6.45, 7) is 1.75. The van der Waals surface area contributed by atoms with Crippen molar-refractivity contribution < 1.29 is 28.3 Å². The number of hydrogen-bond donors (Lipinski definition) is 1. The Morgan fingerprint density at radius 1 is 1.09 bits per heavy atom. The van der Waals surface area contributed by atoms with Crippen LogP contribution in [-0.2, 0) is 9.59 Å². The van der Waals surface area contributed by atoms with Gasteiger partial charge in [0.05, 0.1) is 12.0 Å². The summed E-state index contributed by atoms with van der Waals surface area (Å²) in [7, 11) is 0. The van der Waals surface area contributed by atoms with Gasteiger partial charge in [-0.1, -0.05) is 34.1 Å². The molecule has 1 aromatic heterocycles. The fourth-order valence-corrected chi connectivity index (χ4v) is 3.49. The minimum Gasteiger partial charge on any atom is -0.457 e. The monoisotopic (exact) mass is 494 g/mol. The number of nitrogens with zero attached hydrogens (tertiary/aromatic N) is 1. The lowest BCUT2D eigenvalue weighted by Crippen LogP contribution is -2.54. The molecule has 0 atom stereocenters. The maximum atomic E-state index is 13.2. The smallest absolute Gasteiger partial charge is 0.379 e. The van der Waals surface area contributed by atoms with E-state index in [0.29, 0.717) is 15.7 Å². The molecule has 160 valence electrons. The van der Waals surface area contributed by atoms with E-state index in [-0.39, 0.29) is 22.6 Å². The van der Waals surface area contributed by atoms with Crippen LogP contribution < -0.4 is 15.0 Å². The molecule has 0 bridgehead atoms. The Hall–Kier alpha value is -3.98. The fourth-order valence-electron chi connectivity index (χ4n) is 3.12. The number of nitrogens with one attached hydrogen (secondary N) is 1. The zero-order valence-electron chi connectivity index (χ0n) is 16.6. The number of carbonyl (C=O) groups excluding carboxylic acids is 4. The maximum absolute atomic E-state index is 13.2. The zero-order chi connectivity index (χ0) is 22.8. The van der Waals surface area contributed by atoms with Crippen molar-refractivity contribution in [3.05, 3.63) is 87.8 Å². The number of anilines is 1. The third kappa shape index (κ3) is 4.10. The first kappa shape index (κ1) is 21.3. The van der Waals surface area contributed by atoms with Gasteiger partial charge in [-0.05, 0) is 55.0 Å². The minimum atomic E-state index is -0.854. The number of benzene rings is 2. The van der Waals surface area contributed by atoms with Crippen molar-refractivity contribution in [1.29, 1.82) is 0 Å². The van der Waals surface area contributed by atoms with Crippen LogP contribution in [0.2, 0.25) is 0 Å². The van der Waals surface area contributed by atoms with E-state index in [1.54, 1.807) is 49.4 Å². The van der Waals surface area contributed by atoms with Crippen molar-refractivity contribution >= 4 is 51.5 Å². The molecule has 2 heterocycles. The maximum Gasteiger partial charge on any atom is 0.379 e. The van der Waals surface area contributed by atoms with Crippen LogP contribution in [0.3, 0.4) is 0 Å². The van der Waals surface area contributed by atoms with Gasteiger partial charge in [0, 0.05) is 10.0 Å². The number of carbonyl (C=O) groups is 4. The molecule has 32 heavy (non-hydrogen) atoms. The Balaban J connectivity index is 1.74. The van der Waals surface area contributed by atoms with Gasteiger partial charge in [-0.3, -0.25) is 14.9 Å². The predicted octanol–water partition coefficient (Wildman–Crippen LogP) is 4.24. The van der Waals surface area contributed by atoms with E-state index >= 15 is 0 Å². The molecule has 8 nitrogen and oxygen atoms in total. The van der Waals surface area contributed by atoms with Crippen molar-refractivity contribution in [2.45, 2.75) is 6.92 Å². The van der Waals surface area contributed by atoms with Gasteiger partial charge in [0.2, 0.25) is 5.76 Å². The van der Waals surface area contributed by atoms with Gasteiger partial charge in [-0.15, -0.1) is 0 Å². The zero-order valence-corrected chi connectivity index (χ0v) is 18.2. The fraction of sp³-hybridized carbons (Fsp3) is 0.0435. The number of halogens is 1. The van der Waals surface area contributed by atoms with Crippen LogP contribution in [0, 0.1) is 6.92 Å². The molecule has 2 aromatic carbocycles. The highest BCUT2D eigenvalue weighted by molar-refractivity contribution is 9.10. The van der Waals surface area contributed by atoms with Gasteiger partial charge < -0.3 is 9.15 Å². The summed E-state index contributed by atoms with van der Waals surface area (Å²) in [5.41, 5.74) is 1.02. The van der Waals surface area contributed by atoms with Crippen LogP contribution in [-0.4, -0.2) is 23.8 Å². The molecule has 4 amide bonds. The van der Waals surface area contributed by atoms with Gasteiger partial charge in [0.15, 0.2) is 0 Å². The molecule has 1 fully saturated rings. The van der Waals surface area contributed by atoms with Gasteiger partial charge >= 0.3 is 12.0 Å².